The van der Waals surface area contributed by atoms with Crippen LogP contribution in [0.2, 0.25) is 0 Å². The van der Waals surface area contributed by atoms with Crippen LogP contribution in [-0.4, -0.2) is 17.6 Å². The van der Waals surface area contributed by atoms with Gasteiger partial charge >= 0.3 is 5.97 Å². The monoisotopic (exact) mass is 244 g/mol. The van der Waals surface area contributed by atoms with Crippen LogP contribution in [0.4, 0.5) is 5.69 Å². The van der Waals surface area contributed by atoms with E-state index in [0.717, 1.165) is 12.8 Å². The molecule has 0 bridgehead atoms. The van der Waals surface area contributed by atoms with Crippen molar-refractivity contribution in [1.29, 1.82) is 5.26 Å². The molecule has 1 aromatic carbocycles. The van der Waals surface area contributed by atoms with Crippen LogP contribution >= 0.6 is 0 Å². The number of hydrogen-bond acceptors (Lipinski definition) is 3. The van der Waals surface area contributed by atoms with E-state index in [4.69, 9.17) is 5.26 Å². The normalized spacial score (nSPS) is 17.1. The zero-order chi connectivity index (χ0) is 13.0. The first-order valence-corrected chi connectivity index (χ1v) is 6.14. The summed E-state index contributed by atoms with van der Waals surface area (Å²) >= 11 is 0. The number of carbonyl (C=O) groups is 1. The zero-order valence-electron chi connectivity index (χ0n) is 10.1. The van der Waals surface area contributed by atoms with Crippen molar-refractivity contribution in [3.05, 3.63) is 29.8 Å². The Balaban J connectivity index is 2.11. The highest BCUT2D eigenvalue weighted by Crippen LogP contribution is 2.38. The average molecular weight is 244 g/mol. The number of benzene rings is 1. The van der Waals surface area contributed by atoms with E-state index in [-0.39, 0.29) is 0 Å². The van der Waals surface area contributed by atoms with Gasteiger partial charge in [-0.3, -0.25) is 4.79 Å². The number of anilines is 1. The lowest BCUT2D eigenvalue weighted by Crippen LogP contribution is -2.35. The van der Waals surface area contributed by atoms with Gasteiger partial charge in [0.1, 0.15) is 6.07 Å². The Kier molecular flexibility index (Phi) is 3.52. The molecule has 0 heterocycles. The molecule has 18 heavy (non-hydrogen) atoms. The molecule has 0 unspecified atom stereocenters. The number of para-hydroxylation sites is 1. The first-order valence-electron chi connectivity index (χ1n) is 6.14. The van der Waals surface area contributed by atoms with Crippen molar-refractivity contribution in [2.24, 2.45) is 5.41 Å². The highest BCUT2D eigenvalue weighted by atomic mass is 16.4. The highest BCUT2D eigenvalue weighted by molar-refractivity contribution is 5.76. The molecule has 0 aliphatic heterocycles. The fraction of sp³-hybridized carbons (Fsp3) is 0.429. The zero-order valence-corrected chi connectivity index (χ0v) is 10.1. The number of nitriles is 1. The molecule has 1 aliphatic carbocycles. The molecule has 0 aromatic heterocycles. The second-order valence-corrected chi connectivity index (χ2v) is 4.80. The maximum atomic E-state index is 11.4. The third kappa shape index (κ3) is 2.30. The fourth-order valence-corrected chi connectivity index (χ4v) is 2.52. The standard InChI is InChI=1S/C14H16N2O2/c15-9-11-5-1-2-6-12(11)16-10-14(13(17)18)7-3-4-8-14/h1-2,5-6,16H,3-4,7-8,10H2,(H,17,18). The Bertz CT molecular complexity index is 485. The van der Waals surface area contributed by atoms with E-state index < -0.39 is 11.4 Å². The van der Waals surface area contributed by atoms with E-state index >= 15 is 0 Å². The second kappa shape index (κ2) is 5.09. The lowest BCUT2D eigenvalue weighted by molar-refractivity contribution is -0.147. The second-order valence-electron chi connectivity index (χ2n) is 4.80. The van der Waals surface area contributed by atoms with Gasteiger partial charge in [0.05, 0.1) is 16.7 Å². The summed E-state index contributed by atoms with van der Waals surface area (Å²) in [5.74, 6) is -0.734. The van der Waals surface area contributed by atoms with Crippen molar-refractivity contribution in [1.82, 2.24) is 0 Å². The topological polar surface area (TPSA) is 73.1 Å². The van der Waals surface area contributed by atoms with Crippen molar-refractivity contribution in [3.8, 4) is 6.07 Å². The number of carboxylic acids is 1. The molecular formula is C14H16N2O2. The van der Waals surface area contributed by atoms with Crippen LogP contribution in [0.3, 0.4) is 0 Å². The van der Waals surface area contributed by atoms with E-state index in [0.29, 0.717) is 30.6 Å². The average Bonchev–Trinajstić information content (AvgIpc) is 2.87. The summed E-state index contributed by atoms with van der Waals surface area (Å²) < 4.78 is 0. The van der Waals surface area contributed by atoms with E-state index in [1.165, 1.54) is 0 Å². The summed E-state index contributed by atoms with van der Waals surface area (Å²) in [4.78, 5) is 11.4. The molecule has 4 heteroatoms. The van der Waals surface area contributed by atoms with Crippen LogP contribution in [0.25, 0.3) is 0 Å². The van der Waals surface area contributed by atoms with Gasteiger partial charge in [-0.2, -0.15) is 5.26 Å². The van der Waals surface area contributed by atoms with Gasteiger partial charge in [-0.15, -0.1) is 0 Å². The van der Waals surface area contributed by atoms with Crippen LogP contribution in [0, 0.1) is 16.7 Å². The minimum Gasteiger partial charge on any atom is -0.481 e. The molecule has 1 saturated carbocycles. The summed E-state index contributed by atoms with van der Waals surface area (Å²) in [6, 6.07) is 9.27. The van der Waals surface area contributed by atoms with Crippen molar-refractivity contribution >= 4 is 11.7 Å². The van der Waals surface area contributed by atoms with Gasteiger partial charge in [0, 0.05) is 6.54 Å². The first-order chi connectivity index (χ1) is 8.68. The lowest BCUT2D eigenvalue weighted by Gasteiger charge is -2.24. The Morgan fingerprint density at radius 2 is 2.06 bits per heavy atom. The quantitative estimate of drug-likeness (QED) is 0.853. The molecular weight excluding hydrogens is 228 g/mol. The highest BCUT2D eigenvalue weighted by Gasteiger charge is 2.41. The molecule has 0 spiro atoms. The molecule has 1 aliphatic rings. The fourth-order valence-electron chi connectivity index (χ4n) is 2.52. The van der Waals surface area contributed by atoms with Gasteiger partial charge < -0.3 is 10.4 Å². The first kappa shape index (κ1) is 12.4. The van der Waals surface area contributed by atoms with E-state index in [9.17, 15) is 9.90 Å². The molecule has 0 radical (unpaired) electrons. The third-order valence-electron chi connectivity index (χ3n) is 3.68. The SMILES string of the molecule is N#Cc1ccccc1NCC1(C(=O)O)CCCC1. The number of nitrogens with zero attached hydrogens (tertiary/aromatic N) is 1. The van der Waals surface area contributed by atoms with Gasteiger partial charge in [-0.05, 0) is 25.0 Å². The summed E-state index contributed by atoms with van der Waals surface area (Å²) in [6.45, 7) is 0.390. The van der Waals surface area contributed by atoms with Gasteiger partial charge in [0.15, 0.2) is 0 Å². The summed E-state index contributed by atoms with van der Waals surface area (Å²) in [5, 5.41) is 21.5. The van der Waals surface area contributed by atoms with Gasteiger partial charge in [0.25, 0.3) is 0 Å². The Morgan fingerprint density at radius 3 is 2.67 bits per heavy atom. The molecule has 0 saturated heterocycles. The third-order valence-corrected chi connectivity index (χ3v) is 3.68. The molecule has 1 aromatic rings. The number of aliphatic carboxylic acids is 1. The maximum Gasteiger partial charge on any atom is 0.311 e. The van der Waals surface area contributed by atoms with Crippen molar-refractivity contribution in [2.75, 3.05) is 11.9 Å². The van der Waals surface area contributed by atoms with Crippen LogP contribution in [0.1, 0.15) is 31.2 Å². The van der Waals surface area contributed by atoms with Crippen LogP contribution in [0.5, 0.6) is 0 Å². The minimum absolute atomic E-state index is 0.390. The smallest absolute Gasteiger partial charge is 0.311 e. The molecule has 94 valence electrons. The summed E-state index contributed by atoms with van der Waals surface area (Å²) in [5.41, 5.74) is 0.603. The number of hydrogen-bond donors (Lipinski definition) is 2. The largest absolute Gasteiger partial charge is 0.481 e. The maximum absolute atomic E-state index is 11.4. The molecule has 2 N–H and O–H groups in total. The van der Waals surface area contributed by atoms with Crippen molar-refractivity contribution in [2.45, 2.75) is 25.7 Å². The number of carboxylic acid groups (broad SMARTS) is 1. The molecule has 0 amide bonds. The van der Waals surface area contributed by atoms with Crippen LogP contribution in [-0.2, 0) is 4.79 Å². The van der Waals surface area contributed by atoms with Gasteiger partial charge in [-0.1, -0.05) is 25.0 Å². The Labute approximate surface area is 106 Å². The Morgan fingerprint density at radius 1 is 1.39 bits per heavy atom. The Hall–Kier alpha value is -2.02. The van der Waals surface area contributed by atoms with Crippen molar-refractivity contribution < 1.29 is 9.90 Å². The van der Waals surface area contributed by atoms with Crippen LogP contribution in [0.15, 0.2) is 24.3 Å². The number of nitrogens with one attached hydrogen (secondary N) is 1. The molecule has 2 rings (SSSR count). The lowest BCUT2D eigenvalue weighted by atomic mass is 9.86. The van der Waals surface area contributed by atoms with E-state index in [1.54, 1.807) is 12.1 Å². The van der Waals surface area contributed by atoms with Crippen LogP contribution < -0.4 is 5.32 Å². The van der Waals surface area contributed by atoms with E-state index in [2.05, 4.69) is 11.4 Å². The van der Waals surface area contributed by atoms with E-state index in [1.807, 2.05) is 12.1 Å². The summed E-state index contributed by atoms with van der Waals surface area (Å²) in [6.07, 6.45) is 3.36. The molecule has 0 atom stereocenters. The van der Waals surface area contributed by atoms with Crippen molar-refractivity contribution in [3.63, 3.8) is 0 Å². The summed E-state index contributed by atoms with van der Waals surface area (Å²) in [7, 11) is 0. The minimum atomic E-state index is -0.734. The molecule has 1 fully saturated rings. The molecule has 4 nitrogen and oxygen atoms in total. The van der Waals surface area contributed by atoms with Gasteiger partial charge in [-0.25, -0.2) is 0 Å². The predicted octanol–water partition coefficient (Wildman–Crippen LogP) is 2.62. The predicted molar refractivity (Wildman–Crippen MR) is 68.2 cm³/mol. The van der Waals surface area contributed by atoms with Gasteiger partial charge in [0.2, 0.25) is 0 Å². The number of rotatable bonds is 4.